The number of methoxy groups -OCH3 is 2. The summed E-state index contributed by atoms with van der Waals surface area (Å²) in [5.74, 6) is 2.23. The standard InChI is InChI=1S/C24H23N5O.C23H28BNO4S.C23H19ClN4O3S.2C18H15P.C6H3ClIN3.2ClH.Pd/c1-14-5-6-18(10-15(14)2)26-23-7-8-24-25-13-21(29(24)28-23)20-11-17-9-16(3)22(30-4)12-19(17)27-20;1-15-8-10-19(11-9-15)30(26,27)25-20-13-17(3)16(2)12-18(20)14-21(25)24-28-22(4,5)23(6,7)29-24;1-14-4-6-17(7-5-14)32(29,30)28-18-12-21(31-3)15(2)10-16(18)11-19(28)20-13-25-23-9-8-22(24)26-27(20)23;2*1-4-10-16(11-5-1)19(17-12-6-2-7-13-17)18-14-8-3-9-15-18;7-4-1-2-6-9-3-5(8)11(6)10-4;;;/h5-13,27H,1-4H3,(H,26,28);8-14H,1-7H3;4-13H,1-3H3;2*1-15H;1-3H;2*1H;/q;;;;;;;;+2/p-2. The van der Waals surface area contributed by atoms with Gasteiger partial charge in [0.15, 0.2) is 22.8 Å². The third kappa shape index (κ3) is 23.6. The molecule has 144 heavy (non-hydrogen) atoms. The first-order valence-electron chi connectivity index (χ1n) is 45.8. The van der Waals surface area contributed by atoms with Gasteiger partial charge in [-0.15, -0.1) is 5.10 Å². The number of ether oxygens (including phenoxy) is 2. The molecule has 1 fully saturated rings. The number of aryl methyl sites for hydroxylation is 8. The summed E-state index contributed by atoms with van der Waals surface area (Å²) in [6.07, 6.45) is 5.19. The van der Waals surface area contributed by atoms with Gasteiger partial charge in [0, 0.05) is 39.5 Å². The first-order valence-corrected chi connectivity index (χ1v) is 57.2. The van der Waals surface area contributed by atoms with E-state index < -0.39 is 54.2 Å². The molecule has 0 aliphatic carbocycles. The fourth-order valence-electron chi connectivity index (χ4n) is 16.4. The van der Waals surface area contributed by atoms with Gasteiger partial charge >= 0.3 is 42.1 Å². The summed E-state index contributed by atoms with van der Waals surface area (Å²) in [5, 5.41) is 28.4. The normalized spacial score (nSPS) is 12.6. The molecule has 1 saturated heterocycles. The number of benzene rings is 12. The molecule has 0 amide bonds. The molecule has 2 N–H and O–H groups in total. The van der Waals surface area contributed by atoms with Crippen LogP contribution < -0.4 is 52.2 Å². The summed E-state index contributed by atoms with van der Waals surface area (Å²) in [6, 6.07) is 113. The van der Waals surface area contributed by atoms with E-state index in [0.29, 0.717) is 44.6 Å². The van der Waals surface area contributed by atoms with Gasteiger partial charge in [-0.1, -0.05) is 247 Å². The smallest absolute Gasteiger partial charge is 0.0134 e. The van der Waals surface area contributed by atoms with E-state index in [9.17, 15) is 16.8 Å². The van der Waals surface area contributed by atoms with E-state index in [0.717, 1.165) is 98.7 Å². The van der Waals surface area contributed by atoms with Gasteiger partial charge in [-0.05, 0) is 302 Å². The molecule has 21 aromatic rings. The summed E-state index contributed by atoms with van der Waals surface area (Å²) in [6.45, 7) is 23.9. The molecule has 0 saturated carbocycles. The summed E-state index contributed by atoms with van der Waals surface area (Å²) in [5.41, 5.74) is 16.1. The number of halogens is 5. The molecular weight excluding hydrogens is 2170 g/mol. The van der Waals surface area contributed by atoms with Crippen molar-refractivity contribution in [2.75, 3.05) is 19.5 Å². The van der Waals surface area contributed by atoms with Crippen molar-refractivity contribution >= 4 is 206 Å². The number of aromatic amines is 1. The third-order valence-electron chi connectivity index (χ3n) is 24.8. The minimum Gasteiger partial charge on any atom is -0.0622 e. The van der Waals surface area contributed by atoms with Crippen LogP contribution in [0.5, 0.6) is 11.5 Å². The van der Waals surface area contributed by atoms with E-state index in [2.05, 4.69) is 284 Å². The van der Waals surface area contributed by atoms with Gasteiger partial charge in [0.1, 0.15) is 36.9 Å². The molecule has 0 bridgehead atoms. The molecule has 0 spiro atoms. The van der Waals surface area contributed by atoms with Gasteiger partial charge in [-0.25, -0.2) is 53.3 Å². The topological polar surface area (TPSA) is 233 Å². The fraction of sp³-hybridized carbons (Fsp3) is 0.143. The van der Waals surface area contributed by atoms with Crippen molar-refractivity contribution in [1.29, 1.82) is 0 Å². The van der Waals surface area contributed by atoms with Crippen molar-refractivity contribution in [2.24, 2.45) is 0 Å². The average molecular weight is 2270 g/mol. The first kappa shape index (κ1) is 105. The molecule has 1 aliphatic rings. The van der Waals surface area contributed by atoms with Crippen LogP contribution in [0.25, 0.3) is 72.4 Å². The van der Waals surface area contributed by atoms with Crippen molar-refractivity contribution in [2.45, 2.75) is 104 Å². The Bertz CT molecular complexity index is 8030. The zero-order valence-corrected chi connectivity index (χ0v) is 91.4. The van der Waals surface area contributed by atoms with Gasteiger partial charge in [0.25, 0.3) is 20.0 Å². The second-order valence-corrected chi connectivity index (χ2v) is 47.4. The molecule has 12 aromatic carbocycles. The van der Waals surface area contributed by atoms with E-state index in [1.807, 2.05) is 147 Å². The molecule has 0 atom stereocenters. The minimum atomic E-state index is -3.95. The van der Waals surface area contributed by atoms with Gasteiger partial charge in [-0.3, -0.25) is 0 Å². The zero-order valence-electron chi connectivity index (χ0n) is 81.2. The summed E-state index contributed by atoms with van der Waals surface area (Å²) in [7, 11) is 3.39. The number of nitrogens with one attached hydrogen (secondary N) is 2. The molecular formula is C112H103BCl4IN13O8P2PdS2. The quantitative estimate of drug-likeness (QED) is 0.0490. The van der Waals surface area contributed by atoms with E-state index in [-0.39, 0.29) is 30.9 Å². The van der Waals surface area contributed by atoms with Crippen LogP contribution in [0.2, 0.25) is 10.3 Å². The third-order valence-corrected chi connectivity index (χ3v) is 34.3. The number of imidazole rings is 3. The predicted octanol–water partition coefficient (Wildman–Crippen LogP) is 24.8. The second kappa shape index (κ2) is 46.0. The molecule has 22 rings (SSSR count). The maximum atomic E-state index is 13.9. The Hall–Kier alpha value is -12.2. The molecule has 0 radical (unpaired) electrons. The Balaban J connectivity index is 0.000000126. The number of hydrogen-bond donors (Lipinski definition) is 2. The van der Waals surface area contributed by atoms with Crippen LogP contribution in [-0.2, 0) is 45.3 Å². The van der Waals surface area contributed by atoms with Gasteiger partial charge < -0.3 is 29.1 Å². The van der Waals surface area contributed by atoms with Crippen LogP contribution in [0.4, 0.5) is 11.5 Å². The van der Waals surface area contributed by atoms with Crippen molar-refractivity contribution < 1.29 is 51.6 Å². The largest absolute Gasteiger partial charge is 0.0622 e. The number of nitrogens with zero attached hydrogens (tertiary/aromatic N) is 11. The van der Waals surface area contributed by atoms with Crippen molar-refractivity contribution in [1.82, 2.24) is 56.7 Å². The number of aromatic nitrogens is 12. The zero-order chi connectivity index (χ0) is 102. The first-order chi connectivity index (χ1) is 69.2. The molecule has 21 nitrogen and oxygen atoms in total. The average Bonchev–Trinajstić information content (AvgIpc) is 1.57. The van der Waals surface area contributed by atoms with Crippen LogP contribution >= 0.6 is 80.7 Å². The second-order valence-electron chi connectivity index (χ2n) is 35.2. The number of anilines is 2. The number of H-pyrrole nitrogens is 1. The maximum Gasteiger partial charge on any atom is -0.0134 e. The predicted molar refractivity (Wildman–Crippen MR) is 598 cm³/mol. The molecule has 734 valence electrons. The van der Waals surface area contributed by atoms with Gasteiger partial charge in [0.05, 0.1) is 81.8 Å². The van der Waals surface area contributed by atoms with E-state index >= 15 is 0 Å². The Morgan fingerprint density at radius 1 is 0.396 bits per heavy atom. The van der Waals surface area contributed by atoms with Crippen molar-refractivity contribution in [3.63, 3.8) is 0 Å². The molecule has 10 heterocycles. The summed E-state index contributed by atoms with van der Waals surface area (Å²) in [4.78, 5) is 16.9. The van der Waals surface area contributed by atoms with E-state index in [4.69, 9.17) is 66.1 Å². The van der Waals surface area contributed by atoms with Crippen LogP contribution in [0.3, 0.4) is 0 Å². The fourth-order valence-corrected chi connectivity index (χ4v) is 24.8. The van der Waals surface area contributed by atoms with Crippen molar-refractivity contribution in [3.05, 3.63) is 417 Å². The number of fused-ring (bicyclic) bond motifs is 6. The number of hydrogen-bond acceptors (Lipinski definition) is 15. The van der Waals surface area contributed by atoms with Gasteiger partial charge in [-0.2, -0.15) is 10.2 Å². The molecule has 1 aliphatic heterocycles. The van der Waals surface area contributed by atoms with Crippen LogP contribution in [-0.4, -0.2) is 106 Å². The molecule has 9 aromatic heterocycles. The Morgan fingerprint density at radius 3 is 1.26 bits per heavy atom. The van der Waals surface area contributed by atoms with Crippen LogP contribution in [0.1, 0.15) is 72.2 Å². The Labute approximate surface area is 881 Å². The summed E-state index contributed by atoms with van der Waals surface area (Å²) < 4.78 is 87.4. The Kier molecular flexibility index (Phi) is 33.5. The van der Waals surface area contributed by atoms with Crippen LogP contribution in [0.15, 0.2) is 368 Å². The number of rotatable bonds is 17. The molecule has 32 heteroatoms. The van der Waals surface area contributed by atoms with Gasteiger partial charge in [0.2, 0.25) is 0 Å². The van der Waals surface area contributed by atoms with E-state index in [1.165, 1.54) is 50.9 Å². The monoisotopic (exact) mass is 2270 g/mol. The van der Waals surface area contributed by atoms with Crippen molar-refractivity contribution in [3.8, 4) is 34.3 Å². The maximum absolute atomic E-state index is 13.9. The molecule has 0 unspecified atom stereocenters. The van der Waals surface area contributed by atoms with E-state index in [1.54, 1.807) is 96.3 Å². The minimum absolute atomic E-state index is 0.106. The Morgan fingerprint density at radius 2 is 0.785 bits per heavy atom. The van der Waals surface area contributed by atoms with Crippen LogP contribution in [0, 0.1) is 59.1 Å². The summed E-state index contributed by atoms with van der Waals surface area (Å²) >= 11 is 13.8. The SMILES string of the molecule is COc1cc2[nH]c(-c3cnc4ccc(Nc5ccc(C)c(C)c5)nn34)cc2cc1C.COc1cc2c(cc1C)cc(-c1cnc3ccc(Cl)nn13)n2S(=O)(=O)c1ccc(C)cc1.Cc1ccc(S(=O)(=O)n2c(B3OC(C)(C)C(C)(C)O3)cc3cc(C)c(C)cc32)cc1.Clc1ccc2ncc(I)n2n1.[Cl][Pd][Cl].c1ccc(P(c2ccccc2)c2ccccc2)cc1.c1ccc(P(c2ccccc2)c2ccccc2)cc1.